The molecule has 0 amide bonds. The average molecular weight is 416 g/mol. The van der Waals surface area contributed by atoms with E-state index in [2.05, 4.69) is 21.9 Å². The van der Waals surface area contributed by atoms with Gasteiger partial charge >= 0.3 is 0 Å². The normalized spacial score (nSPS) is 16.2. The monoisotopic (exact) mass is 415 g/mol. The molecule has 0 radical (unpaired) electrons. The number of fused-ring (bicyclic) bond motifs is 1. The second-order valence-corrected chi connectivity index (χ2v) is 7.65. The van der Waals surface area contributed by atoms with Crippen LogP contribution in [0.5, 0.6) is 11.5 Å². The molecule has 4 aromatic rings. The molecule has 3 heterocycles. The Morgan fingerprint density at radius 2 is 1.74 bits per heavy atom. The number of nitrogens with zero attached hydrogens (tertiary/aromatic N) is 5. The highest BCUT2D eigenvalue weighted by Gasteiger charge is 2.22. The third-order valence-electron chi connectivity index (χ3n) is 5.44. The Hall–Kier alpha value is -3.25. The SMILES string of the molecule is CC.CN1CC[C@@H](Cn2nc(-c3ccc(Oc4ccccc4)cc3)c3cncnc32)C1. The number of hydrogen-bond donors (Lipinski definition) is 0. The molecular formula is C25H29N5O. The second kappa shape index (κ2) is 9.71. The molecule has 2 aromatic heterocycles. The summed E-state index contributed by atoms with van der Waals surface area (Å²) < 4.78 is 7.95. The zero-order valence-corrected chi connectivity index (χ0v) is 18.4. The summed E-state index contributed by atoms with van der Waals surface area (Å²) in [5.41, 5.74) is 2.85. The molecule has 31 heavy (non-hydrogen) atoms. The minimum Gasteiger partial charge on any atom is -0.457 e. The zero-order valence-electron chi connectivity index (χ0n) is 18.4. The van der Waals surface area contributed by atoms with Gasteiger partial charge in [0.25, 0.3) is 0 Å². The van der Waals surface area contributed by atoms with Crippen molar-refractivity contribution in [1.29, 1.82) is 0 Å². The summed E-state index contributed by atoms with van der Waals surface area (Å²) in [5.74, 6) is 2.23. The molecule has 0 aliphatic carbocycles. The van der Waals surface area contributed by atoms with Crippen molar-refractivity contribution in [2.24, 2.45) is 5.92 Å². The maximum Gasteiger partial charge on any atom is 0.161 e. The van der Waals surface area contributed by atoms with Crippen LogP contribution in [0.1, 0.15) is 20.3 Å². The lowest BCUT2D eigenvalue weighted by Gasteiger charge is -2.10. The maximum absolute atomic E-state index is 5.91. The molecule has 0 bridgehead atoms. The van der Waals surface area contributed by atoms with Crippen molar-refractivity contribution in [3.05, 3.63) is 67.1 Å². The van der Waals surface area contributed by atoms with E-state index in [-0.39, 0.29) is 0 Å². The predicted octanol–water partition coefficient (Wildman–Crippen LogP) is 5.26. The first kappa shape index (κ1) is 21.0. The van der Waals surface area contributed by atoms with Crippen LogP contribution in [0.4, 0.5) is 0 Å². The first-order valence-corrected chi connectivity index (χ1v) is 10.9. The van der Waals surface area contributed by atoms with E-state index in [4.69, 9.17) is 9.84 Å². The first-order valence-electron chi connectivity index (χ1n) is 10.9. The van der Waals surface area contributed by atoms with Gasteiger partial charge in [0.2, 0.25) is 0 Å². The Balaban J connectivity index is 0.00000112. The average Bonchev–Trinajstić information content (AvgIpc) is 3.40. The number of benzene rings is 2. The molecule has 1 fully saturated rings. The van der Waals surface area contributed by atoms with Crippen molar-refractivity contribution in [3.8, 4) is 22.8 Å². The number of hydrogen-bond acceptors (Lipinski definition) is 5. The van der Waals surface area contributed by atoms with Crippen molar-refractivity contribution in [1.82, 2.24) is 24.6 Å². The lowest BCUT2D eigenvalue weighted by molar-refractivity contribution is 0.372. The highest BCUT2D eigenvalue weighted by molar-refractivity contribution is 5.90. The molecule has 5 rings (SSSR count). The molecule has 6 nitrogen and oxygen atoms in total. The van der Waals surface area contributed by atoms with Gasteiger partial charge in [0.1, 0.15) is 23.5 Å². The fraction of sp³-hybridized carbons (Fsp3) is 0.320. The van der Waals surface area contributed by atoms with E-state index < -0.39 is 0 Å². The van der Waals surface area contributed by atoms with Gasteiger partial charge in [-0.25, -0.2) is 14.6 Å². The highest BCUT2D eigenvalue weighted by Crippen LogP contribution is 2.30. The fourth-order valence-corrected chi connectivity index (χ4v) is 3.98. The summed E-state index contributed by atoms with van der Waals surface area (Å²) in [6.07, 6.45) is 4.65. The van der Waals surface area contributed by atoms with E-state index in [1.165, 1.54) is 6.42 Å². The minimum absolute atomic E-state index is 0.604. The Bertz CT molecular complexity index is 1110. The van der Waals surface area contributed by atoms with E-state index in [9.17, 15) is 0 Å². The quantitative estimate of drug-likeness (QED) is 0.445. The van der Waals surface area contributed by atoms with Crippen molar-refractivity contribution < 1.29 is 4.74 Å². The predicted molar refractivity (Wildman–Crippen MR) is 124 cm³/mol. The van der Waals surface area contributed by atoms with Gasteiger partial charge in [0.15, 0.2) is 5.65 Å². The van der Waals surface area contributed by atoms with Crippen molar-refractivity contribution >= 4 is 11.0 Å². The largest absolute Gasteiger partial charge is 0.457 e. The van der Waals surface area contributed by atoms with Crippen LogP contribution in [0.25, 0.3) is 22.3 Å². The summed E-state index contributed by atoms with van der Waals surface area (Å²) in [7, 11) is 2.17. The third kappa shape index (κ3) is 4.75. The van der Waals surface area contributed by atoms with Crippen LogP contribution in [-0.4, -0.2) is 44.8 Å². The molecule has 1 aliphatic rings. The number of rotatable bonds is 5. The van der Waals surface area contributed by atoms with E-state index >= 15 is 0 Å². The van der Waals surface area contributed by atoms with E-state index in [1.807, 2.05) is 79.3 Å². The summed E-state index contributed by atoms with van der Waals surface area (Å²) in [6, 6.07) is 17.8. The lowest BCUT2D eigenvalue weighted by atomic mass is 10.1. The van der Waals surface area contributed by atoms with Crippen LogP contribution in [0, 0.1) is 5.92 Å². The molecule has 0 unspecified atom stereocenters. The van der Waals surface area contributed by atoms with E-state index in [0.29, 0.717) is 5.92 Å². The number of ether oxygens (including phenoxy) is 1. The summed E-state index contributed by atoms with van der Waals surface area (Å²) in [6.45, 7) is 7.13. The Labute approximate surface area is 183 Å². The van der Waals surface area contributed by atoms with Crippen LogP contribution in [0.3, 0.4) is 0 Å². The molecule has 1 aliphatic heterocycles. The molecule has 0 spiro atoms. The van der Waals surface area contributed by atoms with E-state index in [1.54, 1.807) is 6.33 Å². The van der Waals surface area contributed by atoms with Crippen molar-refractivity contribution in [2.75, 3.05) is 20.1 Å². The summed E-state index contributed by atoms with van der Waals surface area (Å²) in [4.78, 5) is 11.1. The number of likely N-dealkylation sites (tertiary alicyclic amines) is 1. The van der Waals surface area contributed by atoms with Crippen molar-refractivity contribution in [2.45, 2.75) is 26.8 Å². The van der Waals surface area contributed by atoms with Gasteiger partial charge < -0.3 is 9.64 Å². The van der Waals surface area contributed by atoms with Gasteiger partial charge in [-0.1, -0.05) is 32.0 Å². The van der Waals surface area contributed by atoms with Gasteiger partial charge in [-0.05, 0) is 62.3 Å². The molecule has 160 valence electrons. The Morgan fingerprint density at radius 3 is 2.45 bits per heavy atom. The van der Waals surface area contributed by atoms with Gasteiger partial charge in [-0.3, -0.25) is 0 Å². The van der Waals surface area contributed by atoms with Gasteiger partial charge in [-0.2, -0.15) is 5.10 Å². The Morgan fingerprint density at radius 1 is 1.00 bits per heavy atom. The van der Waals surface area contributed by atoms with E-state index in [0.717, 1.165) is 53.4 Å². The standard InChI is InChI=1S/C23H23N5O.C2H6/c1-27-12-11-17(14-27)15-28-23-21(13-24-16-25-23)22(26-28)18-7-9-20(10-8-18)29-19-5-3-2-4-6-19;1-2/h2-10,13,16-17H,11-12,14-15H2,1H3;1-2H3/t17-;/m1./s1. The Kier molecular flexibility index (Phi) is 6.57. The molecule has 2 aromatic carbocycles. The number of para-hydroxylation sites is 1. The van der Waals surface area contributed by atoms with Crippen LogP contribution in [0.2, 0.25) is 0 Å². The third-order valence-corrected chi connectivity index (χ3v) is 5.44. The molecule has 0 saturated carbocycles. The summed E-state index contributed by atoms with van der Waals surface area (Å²) >= 11 is 0. The first-order chi connectivity index (χ1) is 15.3. The molecule has 1 saturated heterocycles. The van der Waals surface area contributed by atoms with Gasteiger partial charge in [-0.15, -0.1) is 0 Å². The van der Waals surface area contributed by atoms with Crippen LogP contribution in [-0.2, 0) is 6.54 Å². The lowest BCUT2D eigenvalue weighted by Crippen LogP contribution is -2.17. The molecular weight excluding hydrogens is 386 g/mol. The molecule has 0 N–H and O–H groups in total. The second-order valence-electron chi connectivity index (χ2n) is 7.65. The van der Waals surface area contributed by atoms with Gasteiger partial charge in [0, 0.05) is 24.8 Å². The molecule has 1 atom stereocenters. The zero-order chi connectivity index (χ0) is 21.6. The van der Waals surface area contributed by atoms with Crippen LogP contribution < -0.4 is 4.74 Å². The minimum atomic E-state index is 0.604. The fourth-order valence-electron chi connectivity index (χ4n) is 3.98. The van der Waals surface area contributed by atoms with Gasteiger partial charge in [0.05, 0.1) is 5.39 Å². The van der Waals surface area contributed by atoms with Crippen LogP contribution >= 0.6 is 0 Å². The maximum atomic E-state index is 5.91. The smallest absolute Gasteiger partial charge is 0.161 e. The van der Waals surface area contributed by atoms with Crippen LogP contribution in [0.15, 0.2) is 67.1 Å². The topological polar surface area (TPSA) is 56.1 Å². The highest BCUT2D eigenvalue weighted by atomic mass is 16.5. The number of aromatic nitrogens is 4. The molecule has 6 heteroatoms. The summed E-state index contributed by atoms with van der Waals surface area (Å²) in [5, 5.41) is 5.90. The van der Waals surface area contributed by atoms with Crippen molar-refractivity contribution in [3.63, 3.8) is 0 Å².